The SMILES string of the molecule is COc1ccccc1-c1cc2nc(C)c(CCC(=O)NC(C)c3ccccc3)c(C)n2n1. The van der Waals surface area contributed by atoms with Crippen molar-refractivity contribution < 1.29 is 9.53 Å². The van der Waals surface area contributed by atoms with Gasteiger partial charge in [0.15, 0.2) is 5.65 Å². The molecule has 2 aromatic carbocycles. The Morgan fingerprint density at radius 2 is 1.81 bits per heavy atom. The van der Waals surface area contributed by atoms with Crippen molar-refractivity contribution >= 4 is 11.6 Å². The number of methoxy groups -OCH3 is 1. The van der Waals surface area contributed by atoms with E-state index in [0.717, 1.165) is 45.2 Å². The van der Waals surface area contributed by atoms with Gasteiger partial charge >= 0.3 is 0 Å². The van der Waals surface area contributed by atoms with E-state index in [1.807, 2.05) is 86.0 Å². The van der Waals surface area contributed by atoms with Crippen LogP contribution in [0, 0.1) is 13.8 Å². The molecule has 32 heavy (non-hydrogen) atoms. The molecule has 0 aliphatic carbocycles. The molecule has 4 rings (SSSR count). The van der Waals surface area contributed by atoms with Crippen LogP contribution >= 0.6 is 0 Å². The van der Waals surface area contributed by atoms with Crippen LogP contribution in [0.2, 0.25) is 0 Å². The maximum atomic E-state index is 12.6. The van der Waals surface area contributed by atoms with Crippen molar-refractivity contribution in [2.24, 2.45) is 0 Å². The van der Waals surface area contributed by atoms with Crippen LogP contribution in [0.15, 0.2) is 60.7 Å². The van der Waals surface area contributed by atoms with E-state index in [1.165, 1.54) is 0 Å². The molecule has 164 valence electrons. The minimum atomic E-state index is -0.0268. The highest BCUT2D eigenvalue weighted by Gasteiger charge is 2.16. The maximum Gasteiger partial charge on any atom is 0.220 e. The average Bonchev–Trinajstić information content (AvgIpc) is 3.23. The van der Waals surface area contributed by atoms with Gasteiger partial charge in [-0.05, 0) is 50.5 Å². The second-order valence-corrected chi connectivity index (χ2v) is 7.96. The Morgan fingerprint density at radius 3 is 2.56 bits per heavy atom. The molecule has 2 heterocycles. The van der Waals surface area contributed by atoms with Crippen LogP contribution in [-0.2, 0) is 11.2 Å². The molecule has 1 amide bonds. The number of rotatable bonds is 7. The minimum Gasteiger partial charge on any atom is -0.496 e. The Labute approximate surface area is 188 Å². The van der Waals surface area contributed by atoms with E-state index >= 15 is 0 Å². The molecular weight excluding hydrogens is 400 g/mol. The summed E-state index contributed by atoms with van der Waals surface area (Å²) in [5.74, 6) is 0.796. The largest absolute Gasteiger partial charge is 0.496 e. The van der Waals surface area contributed by atoms with Gasteiger partial charge in [0.1, 0.15) is 5.75 Å². The normalized spacial score (nSPS) is 12.0. The summed E-state index contributed by atoms with van der Waals surface area (Å²) in [5, 5.41) is 7.87. The summed E-state index contributed by atoms with van der Waals surface area (Å²) in [4.78, 5) is 17.3. The van der Waals surface area contributed by atoms with Gasteiger partial charge < -0.3 is 10.1 Å². The molecule has 0 aliphatic heterocycles. The molecule has 0 spiro atoms. The fourth-order valence-electron chi connectivity index (χ4n) is 4.05. The maximum absolute atomic E-state index is 12.6. The fourth-order valence-corrected chi connectivity index (χ4v) is 4.05. The van der Waals surface area contributed by atoms with E-state index in [-0.39, 0.29) is 11.9 Å². The highest BCUT2D eigenvalue weighted by atomic mass is 16.5. The van der Waals surface area contributed by atoms with Gasteiger partial charge in [0, 0.05) is 29.4 Å². The average molecular weight is 429 g/mol. The van der Waals surface area contributed by atoms with Crippen LogP contribution in [-0.4, -0.2) is 27.6 Å². The smallest absolute Gasteiger partial charge is 0.220 e. The molecule has 2 aromatic heterocycles. The lowest BCUT2D eigenvalue weighted by Crippen LogP contribution is -2.27. The highest BCUT2D eigenvalue weighted by molar-refractivity contribution is 5.77. The highest BCUT2D eigenvalue weighted by Crippen LogP contribution is 2.30. The van der Waals surface area contributed by atoms with E-state index in [0.29, 0.717) is 12.8 Å². The van der Waals surface area contributed by atoms with Crippen molar-refractivity contribution in [3.63, 3.8) is 0 Å². The second kappa shape index (κ2) is 9.22. The second-order valence-electron chi connectivity index (χ2n) is 7.96. The molecule has 0 fully saturated rings. The first-order valence-corrected chi connectivity index (χ1v) is 10.8. The van der Waals surface area contributed by atoms with E-state index < -0.39 is 0 Å². The molecule has 6 heteroatoms. The molecule has 0 aliphatic rings. The van der Waals surface area contributed by atoms with E-state index in [4.69, 9.17) is 14.8 Å². The Morgan fingerprint density at radius 1 is 1.09 bits per heavy atom. The van der Waals surface area contributed by atoms with Crippen LogP contribution < -0.4 is 10.1 Å². The van der Waals surface area contributed by atoms with Crippen LogP contribution in [0.25, 0.3) is 16.9 Å². The summed E-state index contributed by atoms with van der Waals surface area (Å²) in [6, 6.07) is 19.7. The van der Waals surface area contributed by atoms with Crippen molar-refractivity contribution in [3.8, 4) is 17.0 Å². The number of hydrogen-bond donors (Lipinski definition) is 1. The van der Waals surface area contributed by atoms with Crippen LogP contribution in [0.1, 0.15) is 41.9 Å². The number of nitrogens with zero attached hydrogens (tertiary/aromatic N) is 3. The zero-order chi connectivity index (χ0) is 22.7. The molecule has 6 nitrogen and oxygen atoms in total. The monoisotopic (exact) mass is 428 g/mol. The topological polar surface area (TPSA) is 68.5 Å². The summed E-state index contributed by atoms with van der Waals surface area (Å²) in [6.07, 6.45) is 1.00. The Kier molecular flexibility index (Phi) is 6.21. The molecule has 4 aromatic rings. The van der Waals surface area contributed by atoms with Gasteiger partial charge in [0.05, 0.1) is 18.8 Å². The third-order valence-electron chi connectivity index (χ3n) is 5.83. The summed E-state index contributed by atoms with van der Waals surface area (Å²) >= 11 is 0. The lowest BCUT2D eigenvalue weighted by atomic mass is 10.1. The van der Waals surface area contributed by atoms with Crippen molar-refractivity contribution in [1.82, 2.24) is 19.9 Å². The summed E-state index contributed by atoms with van der Waals surface area (Å²) in [5.41, 5.74) is 6.58. The van der Waals surface area contributed by atoms with Crippen molar-refractivity contribution in [1.29, 1.82) is 0 Å². The molecule has 1 atom stereocenters. The van der Waals surface area contributed by atoms with E-state index in [1.54, 1.807) is 7.11 Å². The Bertz CT molecular complexity index is 1250. The van der Waals surface area contributed by atoms with Gasteiger partial charge in [-0.1, -0.05) is 42.5 Å². The number of para-hydroxylation sites is 1. The number of amides is 1. The Hall–Kier alpha value is -3.67. The van der Waals surface area contributed by atoms with Gasteiger partial charge in [-0.15, -0.1) is 0 Å². The number of carbonyl (C=O) groups excluding carboxylic acids is 1. The standard InChI is InChI=1S/C26H28N4O2/c1-17(20-10-6-5-7-11-20)28-26(31)15-14-21-18(2)27-25-16-23(29-30(25)19(21)3)22-12-8-9-13-24(22)32-4/h5-13,16-17H,14-15H2,1-4H3,(H,28,31). The molecule has 1 N–H and O–H groups in total. The van der Waals surface area contributed by atoms with Crippen LogP contribution in [0.4, 0.5) is 0 Å². The zero-order valence-electron chi connectivity index (χ0n) is 18.9. The number of aromatic nitrogens is 3. The van der Waals surface area contributed by atoms with Crippen molar-refractivity contribution in [2.45, 2.75) is 39.7 Å². The minimum absolute atomic E-state index is 0.0235. The summed E-state index contributed by atoms with van der Waals surface area (Å²) in [6.45, 7) is 6.02. The van der Waals surface area contributed by atoms with Gasteiger partial charge in [0.25, 0.3) is 0 Å². The lowest BCUT2D eigenvalue weighted by molar-refractivity contribution is -0.121. The van der Waals surface area contributed by atoms with Crippen molar-refractivity contribution in [3.05, 3.63) is 83.2 Å². The number of hydrogen-bond acceptors (Lipinski definition) is 4. The zero-order valence-corrected chi connectivity index (χ0v) is 18.9. The predicted octanol–water partition coefficient (Wildman–Crippen LogP) is 4.83. The van der Waals surface area contributed by atoms with E-state index in [9.17, 15) is 4.79 Å². The number of carbonyl (C=O) groups is 1. The summed E-state index contributed by atoms with van der Waals surface area (Å²) < 4.78 is 7.34. The fraction of sp³-hybridized carbons (Fsp3) is 0.269. The molecule has 0 saturated heterocycles. The first-order valence-electron chi connectivity index (χ1n) is 10.8. The third kappa shape index (κ3) is 4.35. The van der Waals surface area contributed by atoms with E-state index in [2.05, 4.69) is 5.32 Å². The van der Waals surface area contributed by atoms with Gasteiger partial charge in [0.2, 0.25) is 5.91 Å². The van der Waals surface area contributed by atoms with Gasteiger partial charge in [-0.2, -0.15) is 5.10 Å². The lowest BCUT2D eigenvalue weighted by Gasteiger charge is -2.15. The predicted molar refractivity (Wildman–Crippen MR) is 126 cm³/mol. The number of nitrogens with one attached hydrogen (secondary N) is 1. The summed E-state index contributed by atoms with van der Waals surface area (Å²) in [7, 11) is 1.66. The van der Waals surface area contributed by atoms with Crippen LogP contribution in [0.3, 0.4) is 0 Å². The number of fused-ring (bicyclic) bond motifs is 1. The molecule has 1 unspecified atom stereocenters. The molecule has 0 saturated carbocycles. The quantitative estimate of drug-likeness (QED) is 0.458. The third-order valence-corrected chi connectivity index (χ3v) is 5.83. The van der Waals surface area contributed by atoms with Crippen LogP contribution in [0.5, 0.6) is 5.75 Å². The molecule has 0 bridgehead atoms. The molecule has 0 radical (unpaired) electrons. The molecular formula is C26H28N4O2. The first kappa shape index (κ1) is 21.6. The van der Waals surface area contributed by atoms with Gasteiger partial charge in [-0.25, -0.2) is 9.50 Å². The Balaban J connectivity index is 1.54. The number of aryl methyl sites for hydroxylation is 2. The number of ether oxygens (including phenoxy) is 1. The van der Waals surface area contributed by atoms with Gasteiger partial charge in [-0.3, -0.25) is 4.79 Å². The first-order chi connectivity index (χ1) is 15.5. The van der Waals surface area contributed by atoms with Crippen molar-refractivity contribution in [2.75, 3.05) is 7.11 Å². The number of benzene rings is 2.